The molecule has 0 atom stereocenters. The fraction of sp³-hybridized carbons (Fsp3) is 0.333. The molecule has 0 unspecified atom stereocenters. The van der Waals surface area contributed by atoms with E-state index in [1.165, 1.54) is 0 Å². The van der Waals surface area contributed by atoms with Crippen molar-refractivity contribution in [1.29, 1.82) is 5.26 Å². The summed E-state index contributed by atoms with van der Waals surface area (Å²) in [6.07, 6.45) is 0. The van der Waals surface area contributed by atoms with E-state index in [1.807, 2.05) is 6.07 Å². The van der Waals surface area contributed by atoms with Gasteiger partial charge in [0.05, 0.1) is 11.6 Å². The molecule has 0 fully saturated rings. The quantitative estimate of drug-likeness (QED) is 0.759. The molecule has 0 aliphatic carbocycles. The van der Waals surface area contributed by atoms with E-state index in [9.17, 15) is 4.79 Å². The van der Waals surface area contributed by atoms with Gasteiger partial charge in [0.1, 0.15) is 17.3 Å². The molecule has 1 rings (SSSR count). The fourth-order valence-corrected chi connectivity index (χ4v) is 1.25. The molecule has 6 heteroatoms. The fourth-order valence-electron chi connectivity index (χ4n) is 1.06. The summed E-state index contributed by atoms with van der Waals surface area (Å²) < 4.78 is 4.76. The number of rotatable bonds is 2. The van der Waals surface area contributed by atoms with E-state index in [1.54, 1.807) is 13.8 Å². The van der Waals surface area contributed by atoms with Gasteiger partial charge in [-0.05, 0) is 13.8 Å². The number of carbonyl (C=O) groups is 1. The van der Waals surface area contributed by atoms with E-state index in [2.05, 4.69) is 4.98 Å². The summed E-state index contributed by atoms with van der Waals surface area (Å²) in [5.74, 6) is -0.556. The van der Waals surface area contributed by atoms with Gasteiger partial charge in [-0.2, -0.15) is 5.26 Å². The summed E-state index contributed by atoms with van der Waals surface area (Å²) in [5, 5.41) is 9.04. The summed E-state index contributed by atoms with van der Waals surface area (Å²) in [6, 6.07) is 1.86. The molecule has 82 valence electrons. The Labute approximate surface area is 92.6 Å². The molecule has 0 saturated carbocycles. The van der Waals surface area contributed by atoms with Gasteiger partial charge in [-0.1, -0.05) is 11.6 Å². The number of H-pyrrole nitrogens is 1. The lowest BCUT2D eigenvalue weighted by Crippen LogP contribution is -2.06. The zero-order valence-corrected chi connectivity index (χ0v) is 9.31. The summed E-state index contributed by atoms with van der Waals surface area (Å²) in [5.41, 5.74) is 0.853. The molecule has 0 aliphatic rings. The first-order valence-electron chi connectivity index (χ1n) is 4.07. The van der Waals surface area contributed by atoms with Crippen LogP contribution in [0.2, 0.25) is 5.02 Å². The summed E-state index contributed by atoms with van der Waals surface area (Å²) in [6.45, 7) is 3.65. The van der Waals surface area contributed by atoms with Gasteiger partial charge in [0.15, 0.2) is 0 Å². The first kappa shape index (κ1) is 13.5. The average molecular weight is 230 g/mol. The lowest BCUT2D eigenvalue weighted by molar-refractivity contribution is 0.0520. The number of aryl methyl sites for hydroxylation is 1. The molecule has 0 saturated heterocycles. The molecule has 1 heterocycles. The Morgan fingerprint density at radius 2 is 2.27 bits per heavy atom. The van der Waals surface area contributed by atoms with Crippen LogP contribution in [0.5, 0.6) is 0 Å². The standard InChI is InChI=1S/C9H9ClN2O2.H3N/c1-3-14-9(13)8-6(4-11)7(10)5(2)12-8;/h12H,3H2,1-2H3;1H3. The van der Waals surface area contributed by atoms with Crippen LogP contribution >= 0.6 is 11.6 Å². The Balaban J connectivity index is 0.00000196. The van der Waals surface area contributed by atoms with E-state index in [4.69, 9.17) is 21.6 Å². The highest BCUT2D eigenvalue weighted by atomic mass is 35.5. The number of aromatic amines is 1. The van der Waals surface area contributed by atoms with E-state index in [0.29, 0.717) is 5.69 Å². The maximum absolute atomic E-state index is 11.3. The maximum atomic E-state index is 11.3. The van der Waals surface area contributed by atoms with Crippen molar-refractivity contribution in [1.82, 2.24) is 11.1 Å². The average Bonchev–Trinajstić information content (AvgIpc) is 2.44. The number of hydrogen-bond acceptors (Lipinski definition) is 4. The second kappa shape index (κ2) is 5.39. The maximum Gasteiger partial charge on any atom is 0.356 e. The first-order chi connectivity index (χ1) is 6.61. The molecule has 0 aromatic carbocycles. The van der Waals surface area contributed by atoms with Crippen LogP contribution < -0.4 is 6.15 Å². The van der Waals surface area contributed by atoms with Crippen molar-refractivity contribution in [3.63, 3.8) is 0 Å². The number of aromatic nitrogens is 1. The number of ether oxygens (including phenoxy) is 1. The lowest BCUT2D eigenvalue weighted by Gasteiger charge is -1.98. The van der Waals surface area contributed by atoms with E-state index in [0.717, 1.165) is 0 Å². The van der Waals surface area contributed by atoms with E-state index in [-0.39, 0.29) is 29.0 Å². The minimum absolute atomic E-state index is 0. The number of nitriles is 1. The third-order valence-corrected chi connectivity index (χ3v) is 2.18. The first-order valence-corrected chi connectivity index (χ1v) is 4.44. The van der Waals surface area contributed by atoms with Crippen LogP contribution in [0.15, 0.2) is 0 Å². The van der Waals surface area contributed by atoms with Crippen LogP contribution in [0.25, 0.3) is 0 Å². The molecule has 0 aliphatic heterocycles. The topological polar surface area (TPSA) is 101 Å². The van der Waals surface area contributed by atoms with Gasteiger partial charge in [-0.15, -0.1) is 0 Å². The molecule has 0 spiro atoms. The summed E-state index contributed by atoms with van der Waals surface area (Å²) in [4.78, 5) is 14.0. The molecule has 1 aromatic rings. The highest BCUT2D eigenvalue weighted by Crippen LogP contribution is 2.23. The van der Waals surface area contributed by atoms with Crippen molar-refractivity contribution < 1.29 is 9.53 Å². The largest absolute Gasteiger partial charge is 0.461 e. The molecule has 0 bridgehead atoms. The molecule has 0 radical (unpaired) electrons. The molecule has 15 heavy (non-hydrogen) atoms. The van der Waals surface area contributed by atoms with Crippen molar-refractivity contribution in [3.8, 4) is 6.07 Å². The Morgan fingerprint density at radius 3 is 2.73 bits per heavy atom. The molecule has 4 N–H and O–H groups in total. The minimum atomic E-state index is -0.556. The number of esters is 1. The van der Waals surface area contributed by atoms with Gasteiger partial charge in [0, 0.05) is 5.69 Å². The van der Waals surface area contributed by atoms with Crippen molar-refractivity contribution in [2.24, 2.45) is 0 Å². The van der Waals surface area contributed by atoms with Crippen LogP contribution in [0, 0.1) is 18.3 Å². The number of nitrogens with one attached hydrogen (secondary N) is 1. The smallest absolute Gasteiger partial charge is 0.356 e. The Hall–Kier alpha value is -1.51. The van der Waals surface area contributed by atoms with Gasteiger partial charge >= 0.3 is 5.97 Å². The Kier molecular flexibility index (Phi) is 4.85. The van der Waals surface area contributed by atoms with Crippen molar-refractivity contribution >= 4 is 17.6 Å². The normalized spacial score (nSPS) is 8.93. The van der Waals surface area contributed by atoms with Crippen molar-refractivity contribution in [3.05, 3.63) is 22.0 Å². The van der Waals surface area contributed by atoms with Gasteiger partial charge < -0.3 is 15.9 Å². The second-order valence-corrected chi connectivity index (χ2v) is 3.02. The third-order valence-electron chi connectivity index (χ3n) is 1.70. The van der Waals surface area contributed by atoms with Gasteiger partial charge in [0.25, 0.3) is 0 Å². The number of halogens is 1. The molecule has 1 aromatic heterocycles. The minimum Gasteiger partial charge on any atom is -0.461 e. The van der Waals surface area contributed by atoms with Crippen LogP contribution in [0.4, 0.5) is 0 Å². The molecule has 0 amide bonds. The van der Waals surface area contributed by atoms with Gasteiger partial charge in [0.2, 0.25) is 0 Å². The zero-order valence-electron chi connectivity index (χ0n) is 8.56. The Morgan fingerprint density at radius 1 is 1.67 bits per heavy atom. The lowest BCUT2D eigenvalue weighted by atomic mass is 10.2. The zero-order chi connectivity index (χ0) is 10.7. The number of carbonyl (C=O) groups excluding carboxylic acids is 1. The van der Waals surface area contributed by atoms with E-state index >= 15 is 0 Å². The van der Waals surface area contributed by atoms with Crippen LogP contribution in [0.1, 0.15) is 28.7 Å². The highest BCUT2D eigenvalue weighted by molar-refractivity contribution is 6.33. The van der Waals surface area contributed by atoms with Crippen LogP contribution in [0.3, 0.4) is 0 Å². The molecule has 5 nitrogen and oxygen atoms in total. The number of nitrogens with zero attached hydrogens (tertiary/aromatic N) is 1. The second-order valence-electron chi connectivity index (χ2n) is 2.65. The highest BCUT2D eigenvalue weighted by Gasteiger charge is 2.19. The van der Waals surface area contributed by atoms with Crippen LogP contribution in [-0.4, -0.2) is 17.6 Å². The summed E-state index contributed by atoms with van der Waals surface area (Å²) >= 11 is 5.80. The predicted molar refractivity (Wildman–Crippen MR) is 56.2 cm³/mol. The third kappa shape index (κ3) is 2.49. The predicted octanol–water partition coefficient (Wildman–Crippen LogP) is 2.19. The van der Waals surface area contributed by atoms with Crippen molar-refractivity contribution in [2.75, 3.05) is 6.61 Å². The summed E-state index contributed by atoms with van der Waals surface area (Å²) in [7, 11) is 0. The number of hydrogen-bond donors (Lipinski definition) is 2. The van der Waals surface area contributed by atoms with Gasteiger partial charge in [-0.25, -0.2) is 4.79 Å². The molecular formula is C9H12ClN3O2. The Bertz CT molecular complexity index is 406. The van der Waals surface area contributed by atoms with Crippen LogP contribution in [-0.2, 0) is 4.74 Å². The molecular weight excluding hydrogens is 218 g/mol. The van der Waals surface area contributed by atoms with E-state index < -0.39 is 5.97 Å². The monoisotopic (exact) mass is 229 g/mol. The SMILES string of the molecule is CCOC(=O)c1[nH]c(C)c(Cl)c1C#N.N. The van der Waals surface area contributed by atoms with Crippen molar-refractivity contribution in [2.45, 2.75) is 13.8 Å². The van der Waals surface area contributed by atoms with Gasteiger partial charge in [-0.3, -0.25) is 0 Å².